The number of hydrogen-bond donors (Lipinski definition) is 2. The Bertz CT molecular complexity index is 717. The van der Waals surface area contributed by atoms with E-state index in [1.54, 1.807) is 10.7 Å². The average Bonchev–Trinajstić information content (AvgIpc) is 2.94. The number of benzene rings is 1. The minimum Gasteiger partial charge on any atom is -0.342 e. The average molecular weight is 328 g/mol. The van der Waals surface area contributed by atoms with Crippen LogP contribution in [0.3, 0.4) is 0 Å². The maximum Gasteiger partial charge on any atom is 0.269 e. The van der Waals surface area contributed by atoms with Crippen molar-refractivity contribution < 1.29 is 9.59 Å². The number of hydrogen-bond acceptors (Lipinski definition) is 3. The van der Waals surface area contributed by atoms with Gasteiger partial charge in [0.1, 0.15) is 5.69 Å². The highest BCUT2D eigenvalue weighted by molar-refractivity contribution is 5.98. The van der Waals surface area contributed by atoms with Gasteiger partial charge in [0, 0.05) is 12.2 Å². The number of anilines is 1. The molecule has 0 atom stereocenters. The van der Waals surface area contributed by atoms with E-state index in [1.165, 1.54) is 5.56 Å². The van der Waals surface area contributed by atoms with Crippen LogP contribution < -0.4 is 10.6 Å². The zero-order chi connectivity index (χ0) is 17.7. The first-order valence-corrected chi connectivity index (χ1v) is 8.13. The molecule has 6 heteroatoms. The van der Waals surface area contributed by atoms with Crippen LogP contribution in [0.25, 0.3) is 0 Å². The minimum atomic E-state index is -0.303. The number of carbonyl (C=O) groups excluding carboxylic acids is 2. The predicted octanol–water partition coefficient (Wildman–Crippen LogP) is 2.70. The van der Waals surface area contributed by atoms with E-state index in [-0.39, 0.29) is 18.4 Å². The topological polar surface area (TPSA) is 76.0 Å². The molecule has 1 aromatic heterocycles. The van der Waals surface area contributed by atoms with Crippen LogP contribution in [0, 0.1) is 6.92 Å². The Morgan fingerprint density at radius 3 is 2.46 bits per heavy atom. The van der Waals surface area contributed by atoms with E-state index in [2.05, 4.69) is 29.6 Å². The van der Waals surface area contributed by atoms with Gasteiger partial charge in [0.2, 0.25) is 5.91 Å². The van der Waals surface area contributed by atoms with E-state index in [4.69, 9.17) is 0 Å². The summed E-state index contributed by atoms with van der Waals surface area (Å²) in [5.41, 5.74) is 3.17. The molecule has 2 amide bonds. The number of carbonyl (C=O) groups is 2. The fourth-order valence-electron chi connectivity index (χ4n) is 2.38. The lowest BCUT2D eigenvalue weighted by atomic mass is 10.0. The van der Waals surface area contributed by atoms with Gasteiger partial charge in [-0.2, -0.15) is 5.10 Å². The molecule has 0 aliphatic rings. The maximum atomic E-state index is 12.2. The number of nitrogens with one attached hydrogen (secondary N) is 2. The molecule has 0 saturated carbocycles. The van der Waals surface area contributed by atoms with Crippen LogP contribution in [0.15, 0.2) is 30.3 Å². The largest absolute Gasteiger partial charge is 0.342 e. The Labute approximate surface area is 142 Å². The van der Waals surface area contributed by atoms with Gasteiger partial charge < -0.3 is 10.6 Å². The number of aryl methyl sites for hydroxylation is 2. The van der Waals surface area contributed by atoms with Crippen molar-refractivity contribution in [3.05, 3.63) is 47.3 Å². The van der Waals surface area contributed by atoms with Crippen LogP contribution >= 0.6 is 0 Å². The van der Waals surface area contributed by atoms with Gasteiger partial charge in [-0.15, -0.1) is 0 Å². The molecular formula is C18H24N4O2. The molecule has 6 nitrogen and oxygen atoms in total. The fraction of sp³-hybridized carbons (Fsp3) is 0.389. The third-order valence-electron chi connectivity index (χ3n) is 3.70. The zero-order valence-corrected chi connectivity index (χ0v) is 14.6. The molecule has 0 saturated heterocycles. The van der Waals surface area contributed by atoms with Crippen LogP contribution in [0.5, 0.6) is 0 Å². The first-order valence-electron chi connectivity index (χ1n) is 8.13. The van der Waals surface area contributed by atoms with Gasteiger partial charge in [0.05, 0.1) is 12.2 Å². The van der Waals surface area contributed by atoms with Crippen LogP contribution in [0.1, 0.15) is 48.4 Å². The summed E-state index contributed by atoms with van der Waals surface area (Å²) in [5, 5.41) is 9.62. The van der Waals surface area contributed by atoms with Crippen molar-refractivity contribution in [2.24, 2.45) is 0 Å². The van der Waals surface area contributed by atoms with Crippen LogP contribution in [0.4, 0.5) is 5.69 Å². The monoisotopic (exact) mass is 328 g/mol. The van der Waals surface area contributed by atoms with Gasteiger partial charge in [-0.3, -0.25) is 14.3 Å². The number of amides is 2. The van der Waals surface area contributed by atoms with Gasteiger partial charge >= 0.3 is 0 Å². The lowest BCUT2D eigenvalue weighted by molar-refractivity contribution is -0.115. The molecule has 128 valence electrons. The second kappa shape index (κ2) is 7.77. The summed E-state index contributed by atoms with van der Waals surface area (Å²) in [4.78, 5) is 24.1. The van der Waals surface area contributed by atoms with Crippen molar-refractivity contribution in [3.63, 3.8) is 0 Å². The van der Waals surface area contributed by atoms with Crippen molar-refractivity contribution in [2.45, 2.75) is 40.2 Å². The Balaban J connectivity index is 1.89. The van der Waals surface area contributed by atoms with Crippen molar-refractivity contribution in [2.75, 3.05) is 11.9 Å². The van der Waals surface area contributed by atoms with Crippen LogP contribution in [0.2, 0.25) is 0 Å². The Kier molecular flexibility index (Phi) is 5.73. The summed E-state index contributed by atoms with van der Waals surface area (Å²) < 4.78 is 1.62. The van der Waals surface area contributed by atoms with E-state index >= 15 is 0 Å². The van der Waals surface area contributed by atoms with E-state index in [0.717, 1.165) is 5.69 Å². The van der Waals surface area contributed by atoms with Crippen molar-refractivity contribution in [1.29, 1.82) is 0 Å². The third-order valence-corrected chi connectivity index (χ3v) is 3.70. The first-order chi connectivity index (χ1) is 11.4. The van der Waals surface area contributed by atoms with Crippen molar-refractivity contribution >= 4 is 17.5 Å². The van der Waals surface area contributed by atoms with Gasteiger partial charge in [-0.1, -0.05) is 26.0 Å². The van der Waals surface area contributed by atoms with Gasteiger partial charge in [-0.05, 0) is 43.5 Å². The Morgan fingerprint density at radius 2 is 1.88 bits per heavy atom. The van der Waals surface area contributed by atoms with Gasteiger partial charge in [0.25, 0.3) is 5.91 Å². The highest BCUT2D eigenvalue weighted by Crippen LogP contribution is 2.16. The number of nitrogens with zero attached hydrogens (tertiary/aromatic N) is 2. The quantitative estimate of drug-likeness (QED) is 0.856. The molecule has 2 aromatic rings. The van der Waals surface area contributed by atoms with Gasteiger partial charge in [0.15, 0.2) is 0 Å². The van der Waals surface area contributed by atoms with Crippen molar-refractivity contribution in [3.8, 4) is 0 Å². The van der Waals surface area contributed by atoms with E-state index < -0.39 is 0 Å². The standard InChI is InChI=1S/C18H24N4O2/c1-5-22-16(10-13(4)21-22)18(24)19-11-17(23)20-15-8-6-14(7-9-15)12(2)3/h6-10,12H,5,11H2,1-4H3,(H,19,24)(H,20,23). The maximum absolute atomic E-state index is 12.2. The summed E-state index contributed by atoms with van der Waals surface area (Å²) in [7, 11) is 0. The minimum absolute atomic E-state index is 0.0846. The molecular weight excluding hydrogens is 304 g/mol. The zero-order valence-electron chi connectivity index (χ0n) is 14.6. The lowest BCUT2D eigenvalue weighted by Gasteiger charge is -2.09. The molecule has 2 rings (SSSR count). The molecule has 0 aliphatic heterocycles. The second-order valence-electron chi connectivity index (χ2n) is 5.99. The highest BCUT2D eigenvalue weighted by Gasteiger charge is 2.14. The molecule has 2 N–H and O–H groups in total. The normalized spacial score (nSPS) is 10.7. The SMILES string of the molecule is CCn1nc(C)cc1C(=O)NCC(=O)Nc1ccc(C(C)C)cc1. The van der Waals surface area contributed by atoms with E-state index in [9.17, 15) is 9.59 Å². The predicted molar refractivity (Wildman–Crippen MR) is 94.1 cm³/mol. The first kappa shape index (κ1) is 17.7. The molecule has 1 aromatic carbocycles. The Hall–Kier alpha value is -2.63. The molecule has 0 fully saturated rings. The van der Waals surface area contributed by atoms with Gasteiger partial charge in [-0.25, -0.2) is 0 Å². The second-order valence-corrected chi connectivity index (χ2v) is 5.99. The fourth-order valence-corrected chi connectivity index (χ4v) is 2.38. The lowest BCUT2D eigenvalue weighted by Crippen LogP contribution is -2.34. The Morgan fingerprint density at radius 1 is 1.21 bits per heavy atom. The molecule has 24 heavy (non-hydrogen) atoms. The third kappa shape index (κ3) is 4.44. The molecule has 1 heterocycles. The molecule has 0 spiro atoms. The summed E-state index contributed by atoms with van der Waals surface area (Å²) >= 11 is 0. The summed E-state index contributed by atoms with van der Waals surface area (Å²) in [6.45, 7) is 8.49. The van der Waals surface area contributed by atoms with E-state index in [1.807, 2.05) is 38.1 Å². The molecule has 0 unspecified atom stereocenters. The van der Waals surface area contributed by atoms with Crippen molar-refractivity contribution in [1.82, 2.24) is 15.1 Å². The summed E-state index contributed by atoms with van der Waals surface area (Å²) in [6, 6.07) is 9.42. The van der Waals surface area contributed by atoms with E-state index in [0.29, 0.717) is 23.8 Å². The van der Waals surface area contributed by atoms with Crippen LogP contribution in [-0.4, -0.2) is 28.1 Å². The highest BCUT2D eigenvalue weighted by atomic mass is 16.2. The van der Waals surface area contributed by atoms with Crippen LogP contribution in [-0.2, 0) is 11.3 Å². The number of aromatic nitrogens is 2. The smallest absolute Gasteiger partial charge is 0.269 e. The molecule has 0 radical (unpaired) electrons. The summed E-state index contributed by atoms with van der Waals surface area (Å²) in [6.07, 6.45) is 0. The molecule has 0 aliphatic carbocycles. The molecule has 0 bridgehead atoms. The summed E-state index contributed by atoms with van der Waals surface area (Å²) in [5.74, 6) is -0.122. The number of rotatable bonds is 6.